The van der Waals surface area contributed by atoms with Crippen LogP contribution < -0.4 is 9.47 Å². The molecular weight excluding hydrogens is 692 g/mol. The van der Waals surface area contributed by atoms with Crippen LogP contribution in [-0.2, 0) is 4.74 Å². The van der Waals surface area contributed by atoms with Gasteiger partial charge >= 0.3 is 48.0 Å². The van der Waals surface area contributed by atoms with Gasteiger partial charge in [0.1, 0.15) is 11.5 Å². The Morgan fingerprint density at radius 1 is 0.612 bits per heavy atom. The van der Waals surface area contributed by atoms with E-state index in [1.807, 2.05) is 12.1 Å². The molecular formula is C32H26F12O5. The zero-order valence-corrected chi connectivity index (χ0v) is 25.1. The summed E-state index contributed by atoms with van der Waals surface area (Å²) in [6, 6.07) is 16.8. The minimum Gasteiger partial charge on any atom is -0.494 e. The average molecular weight is 719 g/mol. The fourth-order valence-electron chi connectivity index (χ4n) is 4.01. The summed E-state index contributed by atoms with van der Waals surface area (Å²) in [5.74, 6) is -38.7. The summed E-state index contributed by atoms with van der Waals surface area (Å²) in [6.07, 6.45) is -2.58. The first kappa shape index (κ1) is 39.0. The third-order valence-electron chi connectivity index (χ3n) is 6.95. The van der Waals surface area contributed by atoms with Crippen LogP contribution >= 0.6 is 0 Å². The molecule has 3 rings (SSSR count). The van der Waals surface area contributed by atoms with Gasteiger partial charge in [0.05, 0.1) is 17.7 Å². The van der Waals surface area contributed by atoms with E-state index in [2.05, 4.69) is 11.7 Å². The number of unbranched alkanes of at least 4 members (excludes halogenated alkanes) is 2. The highest BCUT2D eigenvalue weighted by molar-refractivity contribution is 5.92. The summed E-state index contributed by atoms with van der Waals surface area (Å²) in [4.78, 5) is 24.6. The van der Waals surface area contributed by atoms with Crippen molar-refractivity contribution < 1.29 is 76.5 Å². The van der Waals surface area contributed by atoms with Gasteiger partial charge in [-0.05, 0) is 66.1 Å². The van der Waals surface area contributed by atoms with Crippen molar-refractivity contribution in [2.75, 3.05) is 13.2 Å². The first-order valence-electron chi connectivity index (χ1n) is 14.2. The Morgan fingerprint density at radius 2 is 1.08 bits per heavy atom. The molecule has 3 aromatic rings. The van der Waals surface area contributed by atoms with Gasteiger partial charge in [0.2, 0.25) is 0 Å². The number of rotatable bonds is 16. The van der Waals surface area contributed by atoms with Gasteiger partial charge in [0.25, 0.3) is 0 Å². The predicted molar refractivity (Wildman–Crippen MR) is 149 cm³/mol. The number of halogens is 12. The largest absolute Gasteiger partial charge is 0.494 e. The molecule has 0 fully saturated rings. The molecule has 49 heavy (non-hydrogen) atoms. The van der Waals surface area contributed by atoms with Gasteiger partial charge in [-0.25, -0.2) is 18.4 Å². The molecule has 0 bridgehead atoms. The fraction of sp³-hybridized carbons (Fsp3) is 0.375. The molecule has 0 aromatic heterocycles. The predicted octanol–water partition coefficient (Wildman–Crippen LogP) is 9.74. The van der Waals surface area contributed by atoms with Crippen molar-refractivity contribution in [3.05, 3.63) is 83.9 Å². The van der Waals surface area contributed by atoms with Crippen LogP contribution in [0.4, 0.5) is 52.7 Å². The van der Waals surface area contributed by atoms with E-state index in [4.69, 9.17) is 9.47 Å². The maximum atomic E-state index is 13.9. The van der Waals surface area contributed by atoms with Crippen molar-refractivity contribution in [3.63, 3.8) is 0 Å². The van der Waals surface area contributed by atoms with Crippen molar-refractivity contribution in [2.24, 2.45) is 0 Å². The molecule has 0 unspecified atom stereocenters. The summed E-state index contributed by atoms with van der Waals surface area (Å²) in [5.41, 5.74) is 0.940. The average Bonchev–Trinajstić information content (AvgIpc) is 3.06. The lowest BCUT2D eigenvalue weighted by Gasteiger charge is -2.38. The Balaban J connectivity index is 1.60. The van der Waals surface area contributed by atoms with Gasteiger partial charge < -0.3 is 14.2 Å². The lowest BCUT2D eigenvalue weighted by Crippen LogP contribution is -2.69. The van der Waals surface area contributed by atoms with Crippen LogP contribution in [0.25, 0.3) is 11.1 Å². The minimum atomic E-state index is -7.74. The standard InChI is InChI=1S/C32H26F12O5/c1-2-3-4-17-47-23-13-9-20(10-14-23)19-5-7-22(8-6-19)26(46)49-24-15-11-21(12-16-24)25(45)48-18-28(35,36)30(39,40)32(43,44)31(41,42)29(37,38)27(33)34/h5-16,27H,2-4,17-18H2,1H3. The Kier molecular flexibility index (Phi) is 11.9. The second kappa shape index (κ2) is 15.0. The monoisotopic (exact) mass is 718 g/mol. The molecule has 0 spiro atoms. The van der Waals surface area contributed by atoms with E-state index in [0.29, 0.717) is 12.4 Å². The number of esters is 2. The number of carbonyl (C=O) groups excluding carboxylic acids is 2. The SMILES string of the molecule is CCCCCOc1ccc(-c2ccc(C(=O)Oc3ccc(C(=O)OCC(F)(F)C(F)(F)C(F)(F)C(F)(F)C(F)(F)C(F)F)cc3)cc2)cc1. The molecule has 0 aliphatic heterocycles. The molecule has 17 heteroatoms. The molecule has 0 N–H and O–H groups in total. The third-order valence-corrected chi connectivity index (χ3v) is 6.95. The minimum absolute atomic E-state index is 0.0833. The second-order valence-corrected chi connectivity index (χ2v) is 10.5. The van der Waals surface area contributed by atoms with Gasteiger partial charge in [0, 0.05) is 0 Å². The summed E-state index contributed by atoms with van der Waals surface area (Å²) >= 11 is 0. The molecule has 0 saturated carbocycles. The Hall–Kier alpha value is -4.44. The fourth-order valence-corrected chi connectivity index (χ4v) is 4.01. The van der Waals surface area contributed by atoms with E-state index in [-0.39, 0.29) is 11.3 Å². The van der Waals surface area contributed by atoms with Crippen LogP contribution in [0.15, 0.2) is 72.8 Å². The summed E-state index contributed by atoms with van der Waals surface area (Å²) in [6.45, 7) is -0.374. The Bertz CT molecular complexity index is 1560. The molecule has 0 atom stereocenters. The van der Waals surface area contributed by atoms with Crippen molar-refractivity contribution >= 4 is 11.9 Å². The second-order valence-electron chi connectivity index (χ2n) is 10.5. The number of carbonyl (C=O) groups is 2. The number of benzene rings is 3. The zero-order valence-electron chi connectivity index (χ0n) is 25.1. The van der Waals surface area contributed by atoms with Crippen molar-refractivity contribution in [3.8, 4) is 22.6 Å². The van der Waals surface area contributed by atoms with E-state index in [0.717, 1.165) is 54.7 Å². The number of alkyl halides is 12. The van der Waals surface area contributed by atoms with Gasteiger partial charge in [-0.2, -0.15) is 43.9 Å². The Labute approximate surface area is 270 Å². The van der Waals surface area contributed by atoms with E-state index < -0.39 is 60.1 Å². The first-order valence-corrected chi connectivity index (χ1v) is 14.2. The highest BCUT2D eigenvalue weighted by atomic mass is 19.4. The lowest BCUT2D eigenvalue weighted by molar-refractivity contribution is -0.414. The molecule has 268 valence electrons. The third kappa shape index (κ3) is 8.24. The number of hydrogen-bond donors (Lipinski definition) is 0. The first-order chi connectivity index (χ1) is 22.7. The van der Waals surface area contributed by atoms with Crippen LogP contribution in [0.5, 0.6) is 11.5 Å². The lowest BCUT2D eigenvalue weighted by atomic mass is 9.94. The van der Waals surface area contributed by atoms with Crippen LogP contribution in [0.3, 0.4) is 0 Å². The van der Waals surface area contributed by atoms with Gasteiger partial charge in [-0.3, -0.25) is 0 Å². The molecule has 0 heterocycles. The molecule has 0 aliphatic carbocycles. The summed E-state index contributed by atoms with van der Waals surface area (Å²) in [5, 5.41) is 0. The highest BCUT2D eigenvalue weighted by Crippen LogP contribution is 2.58. The molecule has 5 nitrogen and oxygen atoms in total. The Morgan fingerprint density at radius 3 is 1.59 bits per heavy atom. The maximum absolute atomic E-state index is 13.9. The molecule has 0 aliphatic rings. The number of hydrogen-bond acceptors (Lipinski definition) is 5. The molecule has 0 radical (unpaired) electrons. The topological polar surface area (TPSA) is 61.8 Å². The van der Waals surface area contributed by atoms with E-state index >= 15 is 0 Å². The van der Waals surface area contributed by atoms with Crippen molar-refractivity contribution in [2.45, 2.75) is 62.2 Å². The zero-order chi connectivity index (χ0) is 36.8. The van der Waals surface area contributed by atoms with Gasteiger partial charge in [-0.1, -0.05) is 44.0 Å². The number of ether oxygens (including phenoxy) is 3. The maximum Gasteiger partial charge on any atom is 0.384 e. The molecule has 3 aromatic carbocycles. The smallest absolute Gasteiger partial charge is 0.384 e. The quantitative estimate of drug-likeness (QED) is 0.0639. The van der Waals surface area contributed by atoms with Crippen LogP contribution in [0.1, 0.15) is 46.9 Å². The van der Waals surface area contributed by atoms with E-state index in [1.54, 1.807) is 24.3 Å². The molecule has 0 amide bonds. The van der Waals surface area contributed by atoms with Gasteiger partial charge in [0.15, 0.2) is 6.61 Å². The van der Waals surface area contributed by atoms with E-state index in [1.165, 1.54) is 12.1 Å². The van der Waals surface area contributed by atoms with Crippen molar-refractivity contribution in [1.82, 2.24) is 0 Å². The summed E-state index contributed by atoms with van der Waals surface area (Å²) in [7, 11) is 0. The van der Waals surface area contributed by atoms with Gasteiger partial charge in [-0.15, -0.1) is 0 Å². The molecule has 0 saturated heterocycles. The van der Waals surface area contributed by atoms with E-state index in [9.17, 15) is 62.3 Å². The van der Waals surface area contributed by atoms with Crippen molar-refractivity contribution in [1.29, 1.82) is 0 Å². The van der Waals surface area contributed by atoms with Crippen LogP contribution in [-0.4, -0.2) is 61.2 Å². The van der Waals surface area contributed by atoms with Crippen LogP contribution in [0.2, 0.25) is 0 Å². The van der Waals surface area contributed by atoms with Crippen LogP contribution in [0, 0.1) is 0 Å². The normalized spacial score (nSPS) is 12.9. The summed E-state index contributed by atoms with van der Waals surface area (Å²) < 4.78 is 174. The highest BCUT2D eigenvalue weighted by Gasteiger charge is 2.87.